The number of fused-ring (bicyclic) bond motifs is 2. The second kappa shape index (κ2) is 8.67. The lowest BCUT2D eigenvalue weighted by Crippen LogP contribution is -2.36. The Balaban J connectivity index is 1.25. The first kappa shape index (κ1) is 21.6. The summed E-state index contributed by atoms with van der Waals surface area (Å²) in [6, 6.07) is 23.1. The van der Waals surface area contributed by atoms with Crippen LogP contribution in [0.2, 0.25) is 5.02 Å². The van der Waals surface area contributed by atoms with Crippen LogP contribution in [0.15, 0.2) is 85.2 Å². The van der Waals surface area contributed by atoms with Crippen LogP contribution in [-0.2, 0) is 19.5 Å². The molecule has 0 spiro atoms. The number of hydrogen-bond donors (Lipinski definition) is 0. The number of halogens is 1. The number of aromatic nitrogens is 1. The summed E-state index contributed by atoms with van der Waals surface area (Å²) in [6.07, 6.45) is 4.40. The van der Waals surface area contributed by atoms with Gasteiger partial charge in [-0.25, -0.2) is 0 Å². The topological polar surface area (TPSA) is 53.5 Å². The van der Waals surface area contributed by atoms with E-state index in [4.69, 9.17) is 11.6 Å². The minimum absolute atomic E-state index is 0.0333. The number of carbonyl (C=O) groups is 2. The summed E-state index contributed by atoms with van der Waals surface area (Å²) >= 11 is 6.28. The Morgan fingerprint density at radius 3 is 2.49 bits per heavy atom. The van der Waals surface area contributed by atoms with Crippen molar-refractivity contribution in [3.63, 3.8) is 0 Å². The molecule has 3 aromatic carbocycles. The van der Waals surface area contributed by atoms with Gasteiger partial charge in [-0.2, -0.15) is 0 Å². The maximum Gasteiger partial charge on any atom is 0.260 e. The van der Waals surface area contributed by atoms with Gasteiger partial charge in [0.05, 0.1) is 17.1 Å². The Labute approximate surface area is 208 Å². The summed E-state index contributed by atoms with van der Waals surface area (Å²) in [6.45, 7) is 1.64. The van der Waals surface area contributed by atoms with Crippen molar-refractivity contribution in [2.75, 3.05) is 11.4 Å². The monoisotopic (exact) mass is 479 g/mol. The number of pyridine rings is 1. The van der Waals surface area contributed by atoms with E-state index in [-0.39, 0.29) is 11.8 Å². The van der Waals surface area contributed by atoms with Gasteiger partial charge < -0.3 is 9.80 Å². The maximum absolute atomic E-state index is 13.5. The SMILES string of the molecule is O=C(c1cccc(N2Cc3cccc(Cl)c3C2=O)c1)N1CCc2c(cccc2-c2ccncc2)C1. The molecule has 0 fully saturated rings. The van der Waals surface area contributed by atoms with E-state index in [1.54, 1.807) is 23.4 Å². The Bertz CT molecular complexity index is 1470. The third-order valence-electron chi connectivity index (χ3n) is 6.84. The van der Waals surface area contributed by atoms with Gasteiger partial charge in [-0.15, -0.1) is 0 Å². The molecular formula is C29H22ClN3O2. The fourth-order valence-electron chi connectivity index (χ4n) is 5.10. The second-order valence-electron chi connectivity index (χ2n) is 8.87. The fourth-order valence-corrected chi connectivity index (χ4v) is 5.37. The van der Waals surface area contributed by atoms with E-state index < -0.39 is 0 Å². The third-order valence-corrected chi connectivity index (χ3v) is 7.15. The van der Waals surface area contributed by atoms with E-state index in [1.165, 1.54) is 11.1 Å². The van der Waals surface area contributed by atoms with Gasteiger partial charge in [0, 0.05) is 36.7 Å². The van der Waals surface area contributed by atoms with E-state index >= 15 is 0 Å². The molecule has 172 valence electrons. The molecule has 2 amide bonds. The van der Waals surface area contributed by atoms with Crippen LogP contribution in [0.1, 0.15) is 37.4 Å². The van der Waals surface area contributed by atoms with Crippen molar-refractivity contribution >= 4 is 29.1 Å². The average Bonchev–Trinajstić information content (AvgIpc) is 3.25. The molecule has 6 heteroatoms. The summed E-state index contributed by atoms with van der Waals surface area (Å²) in [7, 11) is 0. The van der Waals surface area contributed by atoms with Crippen LogP contribution in [0, 0.1) is 0 Å². The van der Waals surface area contributed by atoms with Gasteiger partial charge in [0.15, 0.2) is 0 Å². The van der Waals surface area contributed by atoms with Crippen LogP contribution in [-0.4, -0.2) is 28.2 Å². The zero-order valence-electron chi connectivity index (χ0n) is 18.9. The predicted octanol–water partition coefficient (Wildman–Crippen LogP) is 5.76. The highest BCUT2D eigenvalue weighted by Gasteiger charge is 2.31. The van der Waals surface area contributed by atoms with Crippen molar-refractivity contribution in [2.45, 2.75) is 19.5 Å². The lowest BCUT2D eigenvalue weighted by molar-refractivity contribution is 0.0734. The number of nitrogens with zero attached hydrogens (tertiary/aromatic N) is 3. The third kappa shape index (κ3) is 3.78. The molecule has 35 heavy (non-hydrogen) atoms. The summed E-state index contributed by atoms with van der Waals surface area (Å²) < 4.78 is 0. The molecule has 0 radical (unpaired) electrons. The number of benzene rings is 3. The molecule has 2 aliphatic rings. The molecule has 6 rings (SSSR count). The maximum atomic E-state index is 13.5. The smallest absolute Gasteiger partial charge is 0.260 e. The molecule has 0 saturated heterocycles. The van der Waals surface area contributed by atoms with E-state index in [1.807, 2.05) is 59.5 Å². The van der Waals surface area contributed by atoms with Crippen LogP contribution >= 0.6 is 11.6 Å². The first-order valence-electron chi connectivity index (χ1n) is 11.6. The number of hydrogen-bond acceptors (Lipinski definition) is 3. The number of carbonyl (C=O) groups excluding carboxylic acids is 2. The molecule has 3 heterocycles. The molecular weight excluding hydrogens is 458 g/mol. The highest BCUT2D eigenvalue weighted by molar-refractivity contribution is 6.35. The van der Waals surface area contributed by atoms with Crippen LogP contribution in [0.4, 0.5) is 5.69 Å². The summed E-state index contributed by atoms with van der Waals surface area (Å²) in [5.41, 5.74) is 7.51. The van der Waals surface area contributed by atoms with E-state index in [2.05, 4.69) is 17.1 Å². The van der Waals surface area contributed by atoms with Crippen molar-refractivity contribution in [3.05, 3.63) is 118 Å². The van der Waals surface area contributed by atoms with Crippen LogP contribution in [0.25, 0.3) is 11.1 Å². The lowest BCUT2D eigenvalue weighted by atomic mass is 9.91. The molecule has 0 atom stereocenters. The lowest BCUT2D eigenvalue weighted by Gasteiger charge is -2.30. The van der Waals surface area contributed by atoms with Crippen molar-refractivity contribution in [3.8, 4) is 11.1 Å². The normalized spacial score (nSPS) is 14.6. The molecule has 0 bridgehead atoms. The van der Waals surface area contributed by atoms with E-state index in [0.29, 0.717) is 41.5 Å². The number of amides is 2. The minimum atomic E-state index is -0.134. The summed E-state index contributed by atoms with van der Waals surface area (Å²) in [5.74, 6) is -0.167. The average molecular weight is 480 g/mol. The van der Waals surface area contributed by atoms with Crippen LogP contribution < -0.4 is 4.90 Å². The number of anilines is 1. The van der Waals surface area contributed by atoms with E-state index in [0.717, 1.165) is 23.1 Å². The Morgan fingerprint density at radius 2 is 1.66 bits per heavy atom. The zero-order valence-corrected chi connectivity index (χ0v) is 19.7. The predicted molar refractivity (Wildman–Crippen MR) is 137 cm³/mol. The molecule has 5 nitrogen and oxygen atoms in total. The second-order valence-corrected chi connectivity index (χ2v) is 9.28. The van der Waals surface area contributed by atoms with Gasteiger partial charge in [0.25, 0.3) is 11.8 Å². The number of rotatable bonds is 3. The van der Waals surface area contributed by atoms with Gasteiger partial charge in [-0.05, 0) is 70.6 Å². The van der Waals surface area contributed by atoms with Crippen LogP contribution in [0.5, 0.6) is 0 Å². The van der Waals surface area contributed by atoms with Crippen molar-refractivity contribution in [2.24, 2.45) is 0 Å². The summed E-state index contributed by atoms with van der Waals surface area (Å²) in [4.78, 5) is 34.2. The molecule has 2 aliphatic heterocycles. The Kier molecular flexibility index (Phi) is 5.34. The largest absolute Gasteiger partial charge is 0.334 e. The quantitative estimate of drug-likeness (QED) is 0.375. The highest BCUT2D eigenvalue weighted by Crippen LogP contribution is 2.34. The molecule has 0 N–H and O–H groups in total. The first-order valence-corrected chi connectivity index (χ1v) is 12.0. The molecule has 0 unspecified atom stereocenters. The highest BCUT2D eigenvalue weighted by atomic mass is 35.5. The fraction of sp³-hybridized carbons (Fsp3) is 0.138. The molecule has 1 aromatic heterocycles. The Morgan fingerprint density at radius 1 is 0.886 bits per heavy atom. The van der Waals surface area contributed by atoms with Gasteiger partial charge in [-0.3, -0.25) is 14.6 Å². The van der Waals surface area contributed by atoms with Crippen molar-refractivity contribution in [1.82, 2.24) is 9.88 Å². The van der Waals surface area contributed by atoms with E-state index in [9.17, 15) is 9.59 Å². The minimum Gasteiger partial charge on any atom is -0.334 e. The Hall–Kier alpha value is -3.96. The van der Waals surface area contributed by atoms with Gasteiger partial charge >= 0.3 is 0 Å². The standard InChI is InChI=1S/C29H22ClN3O2/c30-26-9-3-6-22-18-33(29(35)27(22)26)23-7-1-4-20(16-23)28(34)32-15-12-25-21(17-32)5-2-8-24(25)19-10-13-31-14-11-19/h1-11,13-14,16H,12,15,17-18H2. The van der Waals surface area contributed by atoms with Crippen molar-refractivity contribution < 1.29 is 9.59 Å². The first-order chi connectivity index (χ1) is 17.1. The molecule has 4 aromatic rings. The van der Waals surface area contributed by atoms with Crippen LogP contribution in [0.3, 0.4) is 0 Å². The van der Waals surface area contributed by atoms with Crippen molar-refractivity contribution in [1.29, 1.82) is 0 Å². The van der Waals surface area contributed by atoms with Gasteiger partial charge in [0.1, 0.15) is 0 Å². The summed E-state index contributed by atoms with van der Waals surface area (Å²) in [5, 5.41) is 0.459. The zero-order chi connectivity index (χ0) is 23.9. The molecule has 0 saturated carbocycles. The van der Waals surface area contributed by atoms with Gasteiger partial charge in [0.2, 0.25) is 0 Å². The molecule has 0 aliphatic carbocycles. The van der Waals surface area contributed by atoms with Gasteiger partial charge in [-0.1, -0.05) is 48.0 Å².